The van der Waals surface area contributed by atoms with E-state index in [-0.39, 0.29) is 17.7 Å². The molecule has 4 unspecified atom stereocenters. The van der Waals surface area contributed by atoms with Gasteiger partial charge < -0.3 is 16.2 Å². The highest BCUT2D eigenvalue weighted by Crippen LogP contribution is 2.53. The maximum atomic E-state index is 13.2. The second-order valence-corrected chi connectivity index (χ2v) is 10.3. The Morgan fingerprint density at radius 3 is 2.26 bits per heavy atom. The van der Waals surface area contributed by atoms with Crippen LogP contribution >= 0.6 is 11.3 Å². The first-order chi connectivity index (χ1) is 14.7. The molecule has 4 N–H and O–H groups in total. The van der Waals surface area contributed by atoms with Gasteiger partial charge in [0.2, 0.25) is 5.91 Å². The molecule has 1 heterocycles. The fraction of sp³-hybridized carbons (Fsp3) is 0.458. The summed E-state index contributed by atoms with van der Waals surface area (Å²) in [5.41, 5.74) is 8.82. The molecule has 2 bridgehead atoms. The van der Waals surface area contributed by atoms with Gasteiger partial charge in [0.1, 0.15) is 5.00 Å². The van der Waals surface area contributed by atoms with Crippen molar-refractivity contribution < 1.29 is 19.5 Å². The third kappa shape index (κ3) is 3.76. The van der Waals surface area contributed by atoms with Crippen molar-refractivity contribution in [2.45, 2.75) is 46.0 Å². The van der Waals surface area contributed by atoms with E-state index in [9.17, 15) is 19.5 Å². The number of aliphatic carboxylic acids is 1. The number of thiophene rings is 1. The first-order valence-corrected chi connectivity index (χ1v) is 11.6. The Balaban J connectivity index is 1.67. The van der Waals surface area contributed by atoms with Crippen molar-refractivity contribution in [3.63, 3.8) is 0 Å². The molecule has 7 heteroatoms. The molecule has 31 heavy (non-hydrogen) atoms. The van der Waals surface area contributed by atoms with E-state index in [1.807, 2.05) is 31.2 Å². The minimum absolute atomic E-state index is 0.0639. The largest absolute Gasteiger partial charge is 0.481 e. The van der Waals surface area contributed by atoms with Gasteiger partial charge in [0.25, 0.3) is 5.91 Å². The molecule has 2 saturated carbocycles. The molecule has 1 aromatic carbocycles. The highest BCUT2D eigenvalue weighted by Gasteiger charge is 2.54. The number of rotatable bonds is 6. The van der Waals surface area contributed by atoms with Crippen LogP contribution in [0.4, 0.5) is 5.00 Å². The normalized spacial score (nSPS) is 24.5. The first kappa shape index (κ1) is 21.6. The zero-order chi connectivity index (χ0) is 22.4. The Bertz CT molecular complexity index is 1040. The van der Waals surface area contributed by atoms with Crippen molar-refractivity contribution in [2.75, 3.05) is 5.32 Å². The number of hydrogen-bond acceptors (Lipinski definition) is 4. The van der Waals surface area contributed by atoms with Crippen LogP contribution in [0.3, 0.4) is 0 Å². The van der Waals surface area contributed by atoms with E-state index < -0.39 is 23.7 Å². The fourth-order valence-corrected chi connectivity index (χ4v) is 6.55. The van der Waals surface area contributed by atoms with Gasteiger partial charge in [0, 0.05) is 10.4 Å². The summed E-state index contributed by atoms with van der Waals surface area (Å²) in [6, 6.07) is 8.01. The third-order valence-corrected chi connectivity index (χ3v) is 7.96. The Kier molecular flexibility index (Phi) is 5.64. The minimum atomic E-state index is -0.907. The molecule has 0 aliphatic heterocycles. The summed E-state index contributed by atoms with van der Waals surface area (Å²) < 4.78 is 0. The number of benzene rings is 1. The molecule has 2 amide bonds. The predicted octanol–water partition coefficient (Wildman–Crippen LogP) is 4.63. The molecule has 0 saturated heterocycles. The lowest BCUT2D eigenvalue weighted by atomic mass is 9.78. The number of carboxylic acids is 1. The van der Waals surface area contributed by atoms with E-state index in [1.165, 1.54) is 16.9 Å². The smallest absolute Gasteiger partial charge is 0.307 e. The summed E-state index contributed by atoms with van der Waals surface area (Å²) in [5, 5.41) is 13.0. The zero-order valence-electron chi connectivity index (χ0n) is 18.0. The lowest BCUT2D eigenvalue weighted by Crippen LogP contribution is -2.38. The number of primary amides is 1. The lowest BCUT2D eigenvalue weighted by Gasteiger charge is -2.26. The van der Waals surface area contributed by atoms with Crippen molar-refractivity contribution in [1.29, 1.82) is 0 Å². The Morgan fingerprint density at radius 1 is 1.10 bits per heavy atom. The van der Waals surface area contributed by atoms with Crippen LogP contribution in [0.2, 0.25) is 0 Å². The maximum absolute atomic E-state index is 13.2. The molecular formula is C24H28N2O4S. The molecule has 0 radical (unpaired) electrons. The molecule has 2 fully saturated rings. The molecule has 2 aliphatic rings. The van der Waals surface area contributed by atoms with E-state index in [0.717, 1.165) is 35.3 Å². The van der Waals surface area contributed by atoms with Crippen LogP contribution in [-0.2, 0) is 9.59 Å². The number of hydrogen-bond donors (Lipinski definition) is 3. The molecule has 1 aromatic heterocycles. The fourth-order valence-electron chi connectivity index (χ4n) is 5.47. The van der Waals surface area contributed by atoms with Crippen LogP contribution in [0.15, 0.2) is 24.3 Å². The van der Waals surface area contributed by atoms with Gasteiger partial charge in [-0.25, -0.2) is 0 Å². The highest BCUT2D eigenvalue weighted by atomic mass is 32.1. The molecule has 164 valence electrons. The number of aryl methyl sites for hydroxylation is 1. The van der Waals surface area contributed by atoms with Gasteiger partial charge in [0.15, 0.2) is 0 Å². The van der Waals surface area contributed by atoms with Crippen molar-refractivity contribution in [3.05, 3.63) is 40.3 Å². The molecule has 4 rings (SSSR count). The molecule has 6 nitrogen and oxygen atoms in total. The third-order valence-electron chi connectivity index (χ3n) is 6.94. The summed E-state index contributed by atoms with van der Waals surface area (Å²) in [5.74, 6) is -2.49. The molecule has 0 spiro atoms. The number of carbonyl (C=O) groups excluding carboxylic acids is 2. The van der Waals surface area contributed by atoms with Gasteiger partial charge in [-0.15, -0.1) is 11.3 Å². The van der Waals surface area contributed by atoms with Crippen molar-refractivity contribution >= 4 is 34.1 Å². The van der Waals surface area contributed by atoms with E-state index >= 15 is 0 Å². The Labute approximate surface area is 185 Å². The average molecular weight is 441 g/mol. The van der Waals surface area contributed by atoms with Gasteiger partial charge in [-0.3, -0.25) is 14.4 Å². The molecule has 2 aromatic rings. The maximum Gasteiger partial charge on any atom is 0.307 e. The van der Waals surface area contributed by atoms with Crippen LogP contribution in [0.1, 0.15) is 59.8 Å². The van der Waals surface area contributed by atoms with Gasteiger partial charge >= 0.3 is 5.97 Å². The van der Waals surface area contributed by atoms with Crippen molar-refractivity contribution in [3.8, 4) is 11.1 Å². The van der Waals surface area contributed by atoms with Crippen molar-refractivity contribution in [1.82, 2.24) is 0 Å². The van der Waals surface area contributed by atoms with E-state index in [2.05, 4.69) is 19.2 Å². The van der Waals surface area contributed by atoms with E-state index in [4.69, 9.17) is 5.73 Å². The van der Waals surface area contributed by atoms with E-state index in [1.54, 1.807) is 0 Å². The van der Waals surface area contributed by atoms with E-state index in [0.29, 0.717) is 16.5 Å². The summed E-state index contributed by atoms with van der Waals surface area (Å²) in [6.07, 6.45) is 2.54. The second-order valence-electron chi connectivity index (χ2n) is 9.09. The van der Waals surface area contributed by atoms with Crippen molar-refractivity contribution in [2.24, 2.45) is 29.4 Å². The highest BCUT2D eigenvalue weighted by molar-refractivity contribution is 7.17. The summed E-state index contributed by atoms with van der Waals surface area (Å²) in [7, 11) is 0. The SMILES string of the molecule is Cc1sc(NC(=O)C2C3CCC(C3)C2C(=O)O)c(C(N)=O)c1-c1ccc(C(C)C)cc1. The number of amides is 2. The molecular weight excluding hydrogens is 412 g/mol. The number of carbonyl (C=O) groups is 3. The standard InChI is InChI=1S/C24H28N2O4S/c1-11(2)13-4-6-14(7-5-13)17-12(3)31-23(20(17)21(25)27)26-22(28)18-15-8-9-16(10-15)19(18)24(29)30/h4-7,11,15-16,18-19H,8-10H2,1-3H3,(H2,25,27)(H,26,28)(H,29,30). The van der Waals surface area contributed by atoms with Crippen LogP contribution in [0.5, 0.6) is 0 Å². The minimum Gasteiger partial charge on any atom is -0.481 e. The van der Waals surface area contributed by atoms with Gasteiger partial charge in [-0.05, 0) is 55.1 Å². The zero-order valence-corrected chi connectivity index (χ0v) is 18.8. The quantitative estimate of drug-likeness (QED) is 0.608. The van der Waals surface area contributed by atoms with Crippen LogP contribution < -0.4 is 11.1 Å². The second kappa shape index (κ2) is 8.11. The van der Waals surface area contributed by atoms with Gasteiger partial charge in [-0.1, -0.05) is 38.1 Å². The predicted molar refractivity (Wildman–Crippen MR) is 121 cm³/mol. The van der Waals surface area contributed by atoms with Gasteiger partial charge in [-0.2, -0.15) is 0 Å². The lowest BCUT2D eigenvalue weighted by molar-refractivity contribution is -0.148. The monoisotopic (exact) mass is 440 g/mol. The Morgan fingerprint density at radius 2 is 1.71 bits per heavy atom. The van der Waals surface area contributed by atoms with Crippen LogP contribution in [0, 0.1) is 30.6 Å². The van der Waals surface area contributed by atoms with Crippen LogP contribution in [0.25, 0.3) is 11.1 Å². The number of nitrogens with one attached hydrogen (secondary N) is 1. The number of fused-ring (bicyclic) bond motifs is 2. The molecule has 4 atom stereocenters. The topological polar surface area (TPSA) is 109 Å². The van der Waals surface area contributed by atoms with Crippen LogP contribution in [-0.4, -0.2) is 22.9 Å². The first-order valence-electron chi connectivity index (χ1n) is 10.8. The molecule has 2 aliphatic carbocycles. The Hall–Kier alpha value is -2.67. The number of nitrogens with two attached hydrogens (primary N) is 1. The summed E-state index contributed by atoms with van der Waals surface area (Å²) >= 11 is 1.31. The average Bonchev–Trinajstić information content (AvgIpc) is 3.40. The summed E-state index contributed by atoms with van der Waals surface area (Å²) in [6.45, 7) is 6.14. The summed E-state index contributed by atoms with van der Waals surface area (Å²) in [4.78, 5) is 38.2. The van der Waals surface area contributed by atoms with Gasteiger partial charge in [0.05, 0.1) is 17.4 Å². The number of anilines is 1. The number of carboxylic acid groups (broad SMARTS) is 1.